The highest BCUT2D eigenvalue weighted by Gasteiger charge is 2.29. The van der Waals surface area contributed by atoms with Crippen LogP contribution in [0, 0.1) is 0 Å². The number of fused-ring (bicyclic) bond motifs is 7. The van der Waals surface area contributed by atoms with Crippen LogP contribution in [0.3, 0.4) is 0 Å². The summed E-state index contributed by atoms with van der Waals surface area (Å²) in [5, 5.41) is 2.25. The highest BCUT2D eigenvalue weighted by molar-refractivity contribution is 6.29. The lowest BCUT2D eigenvalue weighted by atomic mass is 10.0. The molecule has 1 N–H and O–H groups in total. The Morgan fingerprint density at radius 1 is 0.519 bits per heavy atom. The number of rotatable bonds is 1. The van der Waals surface area contributed by atoms with Crippen LogP contribution < -0.4 is 0 Å². The summed E-state index contributed by atoms with van der Waals surface area (Å²) in [7, 11) is 0. The number of aromatic nitrogens is 1. The van der Waals surface area contributed by atoms with Gasteiger partial charge in [-0.2, -0.15) is 0 Å². The second-order valence-electron chi connectivity index (χ2n) is 7.00. The Kier molecular flexibility index (Phi) is 2.78. The quantitative estimate of drug-likeness (QED) is 0.378. The third kappa shape index (κ3) is 1.87. The molecule has 0 fully saturated rings. The van der Waals surface area contributed by atoms with Crippen molar-refractivity contribution in [2.24, 2.45) is 0 Å². The van der Waals surface area contributed by atoms with Crippen molar-refractivity contribution in [2.45, 2.75) is 0 Å². The maximum Gasteiger partial charge on any atom is 0.196 e. The summed E-state index contributed by atoms with van der Waals surface area (Å²) in [6.45, 7) is 0. The van der Waals surface area contributed by atoms with Crippen molar-refractivity contribution in [2.75, 3.05) is 0 Å². The molecule has 0 aliphatic heterocycles. The van der Waals surface area contributed by atoms with Crippen LogP contribution in [0.2, 0.25) is 0 Å². The van der Waals surface area contributed by atoms with E-state index in [2.05, 4.69) is 59.6 Å². The lowest BCUT2D eigenvalue weighted by molar-refractivity contribution is 0.104. The molecule has 1 aliphatic rings. The molecule has 0 spiro atoms. The van der Waals surface area contributed by atoms with Gasteiger partial charge in [-0.25, -0.2) is 0 Å². The summed E-state index contributed by atoms with van der Waals surface area (Å²) in [6.07, 6.45) is 0. The van der Waals surface area contributed by atoms with Gasteiger partial charge in [0.1, 0.15) is 0 Å². The van der Waals surface area contributed by atoms with Gasteiger partial charge in [0, 0.05) is 21.9 Å². The number of benzene rings is 4. The van der Waals surface area contributed by atoms with Crippen molar-refractivity contribution in [3.05, 3.63) is 96.1 Å². The van der Waals surface area contributed by atoms with Gasteiger partial charge >= 0.3 is 0 Å². The van der Waals surface area contributed by atoms with Crippen molar-refractivity contribution in [1.82, 2.24) is 4.98 Å². The minimum atomic E-state index is 0.110. The van der Waals surface area contributed by atoms with Crippen LogP contribution in [-0.2, 0) is 0 Å². The highest BCUT2D eigenvalue weighted by Crippen LogP contribution is 2.42. The second-order valence-corrected chi connectivity index (χ2v) is 7.00. The van der Waals surface area contributed by atoms with Crippen molar-refractivity contribution in [1.29, 1.82) is 0 Å². The highest BCUT2D eigenvalue weighted by atomic mass is 16.1. The standard InChI is InChI=1S/C25H15NO/c27-25-21-10-5-4-9-17(21)18-13-14-20-19-12-6-11-16(15-7-2-1-3-8-15)23(19)26-24(20)22(18)25/h1-14,26H. The van der Waals surface area contributed by atoms with Crippen molar-refractivity contribution >= 4 is 27.6 Å². The number of nitrogens with one attached hydrogen (secondary N) is 1. The average Bonchev–Trinajstić information content (AvgIpc) is 3.25. The minimum Gasteiger partial charge on any atom is -0.353 e. The zero-order valence-corrected chi connectivity index (χ0v) is 14.5. The van der Waals surface area contributed by atoms with Gasteiger partial charge in [-0.3, -0.25) is 4.79 Å². The lowest BCUT2D eigenvalue weighted by Crippen LogP contribution is -1.96. The van der Waals surface area contributed by atoms with Crippen LogP contribution in [0.4, 0.5) is 0 Å². The first-order valence-electron chi connectivity index (χ1n) is 9.10. The molecule has 2 nitrogen and oxygen atoms in total. The largest absolute Gasteiger partial charge is 0.353 e. The van der Waals surface area contributed by atoms with Crippen LogP contribution >= 0.6 is 0 Å². The van der Waals surface area contributed by atoms with Crippen LogP contribution in [-0.4, -0.2) is 10.8 Å². The zero-order chi connectivity index (χ0) is 18.0. The second kappa shape index (κ2) is 5.18. The van der Waals surface area contributed by atoms with E-state index in [0.29, 0.717) is 0 Å². The first-order chi connectivity index (χ1) is 13.3. The van der Waals surface area contributed by atoms with Crippen LogP contribution in [0.5, 0.6) is 0 Å². The first kappa shape index (κ1) is 14.5. The average molecular weight is 345 g/mol. The number of hydrogen-bond acceptors (Lipinski definition) is 1. The summed E-state index contributed by atoms with van der Waals surface area (Å²) < 4.78 is 0. The van der Waals surface area contributed by atoms with Gasteiger partial charge in [0.2, 0.25) is 0 Å². The van der Waals surface area contributed by atoms with Gasteiger partial charge < -0.3 is 4.98 Å². The molecule has 126 valence electrons. The van der Waals surface area contributed by atoms with E-state index in [1.54, 1.807) is 0 Å². The summed E-state index contributed by atoms with van der Waals surface area (Å²) >= 11 is 0. The maximum absolute atomic E-state index is 13.1. The van der Waals surface area contributed by atoms with Gasteiger partial charge in [-0.05, 0) is 16.7 Å². The van der Waals surface area contributed by atoms with Crippen molar-refractivity contribution in [3.63, 3.8) is 0 Å². The molecular formula is C25H15NO. The van der Waals surface area contributed by atoms with Gasteiger partial charge in [-0.1, -0.05) is 84.9 Å². The number of hydrogen-bond donors (Lipinski definition) is 1. The Morgan fingerprint density at radius 3 is 2.07 bits per heavy atom. The van der Waals surface area contributed by atoms with E-state index < -0.39 is 0 Å². The van der Waals surface area contributed by atoms with Gasteiger partial charge in [0.15, 0.2) is 5.78 Å². The summed E-state index contributed by atoms with van der Waals surface area (Å²) in [4.78, 5) is 16.7. The molecule has 4 aromatic carbocycles. The summed E-state index contributed by atoms with van der Waals surface area (Å²) in [5.74, 6) is 0.110. The molecule has 0 unspecified atom stereocenters. The molecule has 0 saturated carbocycles. The Bertz CT molecular complexity index is 1380. The third-order valence-electron chi connectivity index (χ3n) is 5.58. The predicted molar refractivity (Wildman–Crippen MR) is 110 cm³/mol. The Balaban J connectivity index is 1.72. The molecular weight excluding hydrogens is 330 g/mol. The van der Waals surface area contributed by atoms with E-state index >= 15 is 0 Å². The topological polar surface area (TPSA) is 32.9 Å². The Labute approximate surface area is 156 Å². The predicted octanol–water partition coefficient (Wildman–Crippen LogP) is 6.20. The number of carbonyl (C=O) groups excluding carboxylic acids is 1. The number of ketones is 1. The molecule has 1 heterocycles. The summed E-state index contributed by atoms with van der Waals surface area (Å²) in [6, 6.07) is 28.8. The number of carbonyl (C=O) groups is 1. The third-order valence-corrected chi connectivity index (χ3v) is 5.58. The van der Waals surface area contributed by atoms with Gasteiger partial charge in [-0.15, -0.1) is 0 Å². The van der Waals surface area contributed by atoms with E-state index in [1.165, 1.54) is 5.56 Å². The molecule has 5 aromatic rings. The Morgan fingerprint density at radius 2 is 1.22 bits per heavy atom. The first-order valence-corrected chi connectivity index (χ1v) is 9.10. The molecule has 0 saturated heterocycles. The van der Waals surface area contributed by atoms with Gasteiger partial charge in [0.05, 0.1) is 16.6 Å². The monoisotopic (exact) mass is 345 g/mol. The summed E-state index contributed by atoms with van der Waals surface area (Å²) in [5.41, 5.74) is 7.98. The zero-order valence-electron chi connectivity index (χ0n) is 14.5. The SMILES string of the molecule is O=C1c2ccccc2-c2ccc3c([nH]c4c(-c5ccccc5)cccc43)c21. The number of H-pyrrole nitrogens is 1. The fraction of sp³-hybridized carbons (Fsp3) is 0. The molecule has 2 heteroatoms. The molecule has 0 radical (unpaired) electrons. The minimum absolute atomic E-state index is 0.110. The van der Waals surface area contributed by atoms with E-state index in [1.807, 2.05) is 30.3 Å². The van der Waals surface area contributed by atoms with Crippen LogP contribution in [0.15, 0.2) is 84.9 Å². The molecule has 0 amide bonds. The van der Waals surface area contributed by atoms with E-state index in [-0.39, 0.29) is 5.78 Å². The fourth-order valence-electron chi connectivity index (χ4n) is 4.36. The van der Waals surface area contributed by atoms with E-state index in [0.717, 1.165) is 49.6 Å². The lowest BCUT2D eigenvalue weighted by Gasteiger charge is -2.03. The molecule has 0 atom stereocenters. The Hall–Kier alpha value is -3.65. The van der Waals surface area contributed by atoms with Gasteiger partial charge in [0.25, 0.3) is 0 Å². The van der Waals surface area contributed by atoms with Crippen molar-refractivity contribution in [3.8, 4) is 22.3 Å². The molecule has 6 rings (SSSR count). The normalized spacial score (nSPS) is 12.5. The smallest absolute Gasteiger partial charge is 0.196 e. The molecule has 0 bridgehead atoms. The molecule has 1 aliphatic carbocycles. The molecule has 27 heavy (non-hydrogen) atoms. The van der Waals surface area contributed by atoms with Crippen molar-refractivity contribution < 1.29 is 4.79 Å². The van der Waals surface area contributed by atoms with Crippen LogP contribution in [0.1, 0.15) is 15.9 Å². The fourth-order valence-corrected chi connectivity index (χ4v) is 4.36. The number of aromatic amines is 1. The van der Waals surface area contributed by atoms with Crippen LogP contribution in [0.25, 0.3) is 44.1 Å². The molecule has 1 aromatic heterocycles. The maximum atomic E-state index is 13.1. The van der Waals surface area contributed by atoms with E-state index in [9.17, 15) is 4.79 Å². The number of para-hydroxylation sites is 1. The van der Waals surface area contributed by atoms with E-state index in [4.69, 9.17) is 0 Å².